The van der Waals surface area contributed by atoms with Crippen molar-refractivity contribution in [3.05, 3.63) is 45.9 Å². The smallest absolute Gasteiger partial charge is 0.167 e. The third-order valence-electron chi connectivity index (χ3n) is 2.10. The Labute approximate surface area is 88.7 Å². The van der Waals surface area contributed by atoms with Crippen LogP contribution in [0.3, 0.4) is 0 Å². The molecule has 3 heteroatoms. The highest BCUT2D eigenvalue weighted by molar-refractivity contribution is 9.10. The van der Waals surface area contributed by atoms with E-state index < -0.39 is 11.6 Å². The lowest BCUT2D eigenvalue weighted by Crippen LogP contribution is -1.88. The number of hydrogen-bond acceptors (Lipinski definition) is 0. The molecular weight excluding hydrogens is 250 g/mol. The van der Waals surface area contributed by atoms with Crippen LogP contribution in [0.2, 0.25) is 0 Å². The number of fused-ring (bicyclic) bond motifs is 1. The fourth-order valence-electron chi connectivity index (χ4n) is 1.49. The molecule has 0 N–H and O–H groups in total. The molecule has 0 aliphatic heterocycles. The van der Waals surface area contributed by atoms with Gasteiger partial charge in [-0.05, 0) is 30.0 Å². The van der Waals surface area contributed by atoms with E-state index in [4.69, 9.17) is 0 Å². The zero-order chi connectivity index (χ0) is 10.3. The third kappa shape index (κ3) is 1.42. The molecule has 0 amide bonds. The molecule has 0 unspecified atom stereocenters. The Balaban J connectivity index is 2.95. The van der Waals surface area contributed by atoms with E-state index in [0.717, 1.165) is 11.6 Å². The Morgan fingerprint density at radius 3 is 2.57 bits per heavy atom. The van der Waals surface area contributed by atoms with Crippen LogP contribution >= 0.6 is 15.9 Å². The van der Waals surface area contributed by atoms with E-state index >= 15 is 0 Å². The normalized spacial score (nSPS) is 10.9. The fraction of sp³-hybridized carbons (Fsp3) is 0.0909. The van der Waals surface area contributed by atoms with E-state index in [1.807, 2.05) is 13.0 Å². The minimum Gasteiger partial charge on any atom is -0.204 e. The Hall–Kier alpha value is -0.960. The fourth-order valence-corrected chi connectivity index (χ4v) is 2.25. The average molecular weight is 257 g/mol. The Bertz CT molecular complexity index is 506. The SMILES string of the molecule is Cc1cc(Br)c2c(F)c(F)ccc2c1. The van der Waals surface area contributed by atoms with Crippen molar-refractivity contribution in [2.45, 2.75) is 6.92 Å². The van der Waals surface area contributed by atoms with Gasteiger partial charge in [0, 0.05) is 9.86 Å². The number of halogens is 3. The highest BCUT2D eigenvalue weighted by atomic mass is 79.9. The van der Waals surface area contributed by atoms with Gasteiger partial charge in [0.15, 0.2) is 11.6 Å². The monoisotopic (exact) mass is 256 g/mol. The van der Waals surface area contributed by atoms with Crippen LogP contribution in [0.5, 0.6) is 0 Å². The summed E-state index contributed by atoms with van der Waals surface area (Å²) >= 11 is 3.23. The highest BCUT2D eigenvalue weighted by Crippen LogP contribution is 2.29. The molecule has 2 rings (SSSR count). The average Bonchev–Trinajstić information content (AvgIpc) is 2.10. The predicted octanol–water partition coefficient (Wildman–Crippen LogP) is 4.19. The predicted molar refractivity (Wildman–Crippen MR) is 56.3 cm³/mol. The summed E-state index contributed by atoms with van der Waals surface area (Å²) in [5.74, 6) is -1.61. The van der Waals surface area contributed by atoms with Gasteiger partial charge in [-0.25, -0.2) is 8.78 Å². The lowest BCUT2D eigenvalue weighted by molar-refractivity contribution is 0.517. The van der Waals surface area contributed by atoms with Crippen molar-refractivity contribution in [2.24, 2.45) is 0 Å². The minimum absolute atomic E-state index is 0.301. The van der Waals surface area contributed by atoms with E-state index in [2.05, 4.69) is 15.9 Å². The molecule has 0 aromatic heterocycles. The van der Waals surface area contributed by atoms with Crippen molar-refractivity contribution in [1.82, 2.24) is 0 Å². The molecule has 0 saturated heterocycles. The number of aryl methyl sites for hydroxylation is 1. The Morgan fingerprint density at radius 1 is 1.14 bits per heavy atom. The first-order chi connectivity index (χ1) is 6.59. The molecule has 2 aromatic rings. The van der Waals surface area contributed by atoms with Crippen molar-refractivity contribution in [2.75, 3.05) is 0 Å². The highest BCUT2D eigenvalue weighted by Gasteiger charge is 2.10. The molecule has 0 heterocycles. The summed E-state index contributed by atoms with van der Waals surface area (Å²) in [6.07, 6.45) is 0. The minimum atomic E-state index is -0.818. The molecule has 0 aliphatic carbocycles. The van der Waals surface area contributed by atoms with E-state index in [1.54, 1.807) is 12.1 Å². The van der Waals surface area contributed by atoms with Gasteiger partial charge in [0.25, 0.3) is 0 Å². The van der Waals surface area contributed by atoms with Crippen LogP contribution in [-0.4, -0.2) is 0 Å². The van der Waals surface area contributed by atoms with Crippen LogP contribution in [0.1, 0.15) is 5.56 Å². The van der Waals surface area contributed by atoms with Gasteiger partial charge < -0.3 is 0 Å². The van der Waals surface area contributed by atoms with Crippen LogP contribution in [0.25, 0.3) is 10.8 Å². The lowest BCUT2D eigenvalue weighted by atomic mass is 10.1. The largest absolute Gasteiger partial charge is 0.204 e. The Kier molecular flexibility index (Phi) is 2.27. The van der Waals surface area contributed by atoms with Crippen LogP contribution < -0.4 is 0 Å². The van der Waals surface area contributed by atoms with Crippen LogP contribution in [0.15, 0.2) is 28.7 Å². The first kappa shape index (κ1) is 9.59. The summed E-state index contributed by atoms with van der Waals surface area (Å²) in [5.41, 5.74) is 1.01. The number of hydrogen-bond donors (Lipinski definition) is 0. The first-order valence-corrected chi connectivity index (χ1v) is 4.93. The molecule has 0 radical (unpaired) electrons. The van der Waals surface area contributed by atoms with E-state index in [9.17, 15) is 8.78 Å². The summed E-state index contributed by atoms with van der Waals surface area (Å²) in [6.45, 7) is 1.91. The maximum Gasteiger partial charge on any atom is 0.167 e. The quantitative estimate of drug-likeness (QED) is 0.663. The molecule has 0 aliphatic rings. The molecule has 2 aromatic carbocycles. The molecule has 0 spiro atoms. The van der Waals surface area contributed by atoms with Gasteiger partial charge in [0.1, 0.15) is 0 Å². The van der Waals surface area contributed by atoms with Gasteiger partial charge in [-0.3, -0.25) is 0 Å². The van der Waals surface area contributed by atoms with Crippen molar-refractivity contribution in [1.29, 1.82) is 0 Å². The van der Waals surface area contributed by atoms with Crippen LogP contribution in [0, 0.1) is 18.6 Å². The van der Waals surface area contributed by atoms with Gasteiger partial charge in [0.05, 0.1) is 0 Å². The number of benzene rings is 2. The van der Waals surface area contributed by atoms with Crippen molar-refractivity contribution in [3.63, 3.8) is 0 Å². The van der Waals surface area contributed by atoms with Gasteiger partial charge in [-0.1, -0.05) is 28.1 Å². The summed E-state index contributed by atoms with van der Waals surface area (Å²) in [5, 5.41) is 1.01. The van der Waals surface area contributed by atoms with E-state index in [0.29, 0.717) is 15.2 Å². The van der Waals surface area contributed by atoms with E-state index in [1.165, 1.54) is 0 Å². The van der Waals surface area contributed by atoms with Crippen LogP contribution in [-0.2, 0) is 0 Å². The van der Waals surface area contributed by atoms with Gasteiger partial charge in [-0.15, -0.1) is 0 Å². The standard InChI is InChI=1S/C11H7BrF2/c1-6-4-7-2-3-9(13)11(14)10(7)8(12)5-6/h2-5H,1H3. The zero-order valence-corrected chi connectivity index (χ0v) is 9.03. The topological polar surface area (TPSA) is 0 Å². The zero-order valence-electron chi connectivity index (χ0n) is 7.44. The van der Waals surface area contributed by atoms with Crippen molar-refractivity contribution in [3.8, 4) is 0 Å². The molecule has 72 valence electrons. The summed E-state index contributed by atoms with van der Waals surface area (Å²) in [7, 11) is 0. The molecule has 0 saturated carbocycles. The Morgan fingerprint density at radius 2 is 1.86 bits per heavy atom. The second kappa shape index (κ2) is 3.31. The summed E-state index contributed by atoms with van der Waals surface area (Å²) < 4.78 is 26.9. The molecule has 14 heavy (non-hydrogen) atoms. The molecular formula is C11H7BrF2. The molecule has 0 fully saturated rings. The van der Waals surface area contributed by atoms with Crippen molar-refractivity contribution >= 4 is 26.7 Å². The van der Waals surface area contributed by atoms with Crippen molar-refractivity contribution < 1.29 is 8.78 Å². The molecule has 0 nitrogen and oxygen atoms in total. The first-order valence-electron chi connectivity index (χ1n) is 4.13. The summed E-state index contributed by atoms with van der Waals surface area (Å²) in [6, 6.07) is 6.31. The molecule has 0 bridgehead atoms. The summed E-state index contributed by atoms with van der Waals surface area (Å²) in [4.78, 5) is 0. The lowest BCUT2D eigenvalue weighted by Gasteiger charge is -2.04. The van der Waals surface area contributed by atoms with E-state index in [-0.39, 0.29) is 0 Å². The van der Waals surface area contributed by atoms with Gasteiger partial charge >= 0.3 is 0 Å². The second-order valence-corrected chi connectivity index (χ2v) is 4.06. The van der Waals surface area contributed by atoms with Gasteiger partial charge in [-0.2, -0.15) is 0 Å². The maximum absolute atomic E-state index is 13.4. The van der Waals surface area contributed by atoms with Crippen LogP contribution in [0.4, 0.5) is 8.78 Å². The third-order valence-corrected chi connectivity index (χ3v) is 2.73. The number of rotatable bonds is 0. The second-order valence-electron chi connectivity index (χ2n) is 3.21. The molecule has 0 atom stereocenters. The maximum atomic E-state index is 13.4. The van der Waals surface area contributed by atoms with Gasteiger partial charge in [0.2, 0.25) is 0 Å².